The number of rotatable bonds is 10. The highest BCUT2D eigenvalue weighted by atomic mass is 32.1. The van der Waals surface area contributed by atoms with Crippen LogP contribution in [0.15, 0.2) is 76.3 Å². The van der Waals surface area contributed by atoms with Crippen molar-refractivity contribution in [2.45, 2.75) is 46.1 Å². The molecule has 2 heterocycles. The first-order chi connectivity index (χ1) is 20.3. The predicted octanol–water partition coefficient (Wildman–Crippen LogP) is 6.69. The molecular weight excluding hydrogens is 558 g/mol. The molecule has 0 N–H and O–H groups in total. The zero-order valence-corrected chi connectivity index (χ0v) is 24.4. The number of thiophene rings is 1. The highest BCUT2D eigenvalue weighted by molar-refractivity contribution is 7.22. The molecule has 0 saturated heterocycles. The van der Waals surface area contributed by atoms with E-state index < -0.39 is 29.4 Å². The Morgan fingerprint density at radius 3 is 2.17 bits per heavy atom. The van der Waals surface area contributed by atoms with E-state index in [1.807, 2.05) is 38.1 Å². The van der Waals surface area contributed by atoms with Crippen LogP contribution < -0.4 is 16.0 Å². The molecule has 5 aromatic rings. The van der Waals surface area contributed by atoms with E-state index in [4.69, 9.17) is 4.74 Å². The fourth-order valence-electron chi connectivity index (χ4n) is 5.06. The van der Waals surface area contributed by atoms with Crippen LogP contribution in [0.5, 0.6) is 5.75 Å². The number of aryl methyl sites for hydroxylation is 1. The van der Waals surface area contributed by atoms with Gasteiger partial charge in [0, 0.05) is 23.3 Å². The van der Waals surface area contributed by atoms with E-state index in [0.717, 1.165) is 44.7 Å². The largest absolute Gasteiger partial charge is 0.497 e. The lowest BCUT2D eigenvalue weighted by molar-refractivity contribution is -0.118. The van der Waals surface area contributed by atoms with Crippen LogP contribution in [-0.2, 0) is 24.2 Å². The van der Waals surface area contributed by atoms with E-state index in [1.54, 1.807) is 24.3 Å². The Morgan fingerprint density at radius 2 is 1.57 bits per heavy atom. The van der Waals surface area contributed by atoms with Gasteiger partial charge in [0.1, 0.15) is 28.0 Å². The Morgan fingerprint density at radius 1 is 0.905 bits per heavy atom. The zero-order chi connectivity index (χ0) is 30.0. The number of ether oxygens (including phenoxy) is 1. The van der Waals surface area contributed by atoms with Gasteiger partial charge < -0.3 is 4.74 Å². The summed E-state index contributed by atoms with van der Waals surface area (Å²) in [4.78, 5) is 41.2. The molecule has 42 heavy (non-hydrogen) atoms. The third kappa shape index (κ3) is 5.44. The van der Waals surface area contributed by atoms with Crippen molar-refractivity contribution < 1.29 is 18.3 Å². The Hall–Kier alpha value is -4.37. The Balaban J connectivity index is 1.80. The van der Waals surface area contributed by atoms with E-state index >= 15 is 0 Å². The minimum atomic E-state index is -0.778. The number of carbonyl (C=O) groups is 1. The molecule has 0 saturated carbocycles. The molecule has 0 aliphatic rings. The number of methoxy groups -OCH3 is 1. The first-order valence-electron chi connectivity index (χ1n) is 13.8. The van der Waals surface area contributed by atoms with Crippen LogP contribution in [0.2, 0.25) is 0 Å². The minimum Gasteiger partial charge on any atom is -0.497 e. The van der Waals surface area contributed by atoms with Crippen LogP contribution >= 0.6 is 11.3 Å². The lowest BCUT2D eigenvalue weighted by Gasteiger charge is -2.14. The number of hydrogen-bond acceptors (Lipinski definition) is 5. The van der Waals surface area contributed by atoms with Crippen LogP contribution in [-0.4, -0.2) is 22.0 Å². The minimum absolute atomic E-state index is 0.139. The molecule has 0 amide bonds. The second-order valence-electron chi connectivity index (χ2n) is 10.0. The summed E-state index contributed by atoms with van der Waals surface area (Å²) in [5, 5.41) is 0.342. The summed E-state index contributed by atoms with van der Waals surface area (Å²) in [5.74, 6) is -0.866. The molecule has 0 aliphatic heterocycles. The maximum absolute atomic E-state index is 14.8. The van der Waals surface area contributed by atoms with Crippen molar-refractivity contribution >= 4 is 27.3 Å². The third-order valence-corrected chi connectivity index (χ3v) is 8.60. The van der Waals surface area contributed by atoms with Gasteiger partial charge in [0.25, 0.3) is 5.56 Å². The second-order valence-corrected chi connectivity index (χ2v) is 11.0. The molecule has 0 bridgehead atoms. The van der Waals surface area contributed by atoms with E-state index in [0.29, 0.717) is 40.9 Å². The summed E-state index contributed by atoms with van der Waals surface area (Å²) in [7, 11) is 1.52. The molecule has 0 atom stereocenters. The van der Waals surface area contributed by atoms with Gasteiger partial charge in [-0.05, 0) is 59.5 Å². The number of ketones is 1. The van der Waals surface area contributed by atoms with Crippen LogP contribution in [0.3, 0.4) is 0 Å². The number of nitrogens with zero attached hydrogens (tertiary/aromatic N) is 2. The molecule has 5 rings (SSSR count). The zero-order valence-electron chi connectivity index (χ0n) is 23.6. The van der Waals surface area contributed by atoms with Crippen molar-refractivity contribution in [1.82, 2.24) is 9.13 Å². The summed E-state index contributed by atoms with van der Waals surface area (Å²) < 4.78 is 37.2. The normalized spacial score (nSPS) is 11.3. The lowest BCUT2D eigenvalue weighted by Crippen LogP contribution is -2.39. The molecule has 9 heteroatoms. The number of aromatic nitrogens is 2. The maximum Gasteiger partial charge on any atom is 0.337 e. The number of Topliss-reactive ketones (excluding diaryl/α,β-unsaturated/α-hetero) is 1. The van der Waals surface area contributed by atoms with Crippen LogP contribution in [0.1, 0.15) is 43.4 Å². The molecule has 6 nitrogen and oxygen atoms in total. The fraction of sp³-hybridized carbons (Fsp3) is 0.242. The van der Waals surface area contributed by atoms with Crippen molar-refractivity contribution in [2.24, 2.45) is 0 Å². The SMILES string of the molecule is CCCc1c(-c2ccc(CC(=O)CC)cc2)sc2c1c(=O)n(-c1ccc(OC)cc1)c(=O)n2Cc1c(F)cccc1F. The quantitative estimate of drug-likeness (QED) is 0.182. The molecule has 0 aliphatic carbocycles. The maximum atomic E-state index is 14.8. The number of carbonyl (C=O) groups excluding carboxylic acids is 1. The van der Waals surface area contributed by atoms with Gasteiger partial charge in [0.05, 0.1) is 24.7 Å². The highest BCUT2D eigenvalue weighted by Crippen LogP contribution is 2.38. The number of benzene rings is 3. The Labute approximate surface area is 245 Å². The van der Waals surface area contributed by atoms with Crippen LogP contribution in [0, 0.1) is 11.6 Å². The first kappa shape index (κ1) is 29.1. The van der Waals surface area contributed by atoms with E-state index in [1.165, 1.54) is 29.1 Å². The number of hydrogen-bond donors (Lipinski definition) is 0. The molecular formula is C33H30F2N2O4S. The third-order valence-electron chi connectivity index (χ3n) is 7.29. The van der Waals surface area contributed by atoms with Crippen molar-refractivity contribution in [2.75, 3.05) is 7.11 Å². The average molecular weight is 589 g/mol. The average Bonchev–Trinajstić information content (AvgIpc) is 3.36. The lowest BCUT2D eigenvalue weighted by atomic mass is 10.0. The second kappa shape index (κ2) is 12.2. The van der Waals surface area contributed by atoms with Gasteiger partial charge in [-0.3, -0.25) is 14.2 Å². The smallest absolute Gasteiger partial charge is 0.337 e. The molecule has 0 fully saturated rings. The number of fused-ring (bicyclic) bond motifs is 1. The van der Waals surface area contributed by atoms with E-state index in [2.05, 4.69) is 0 Å². The van der Waals surface area contributed by atoms with Gasteiger partial charge in [-0.15, -0.1) is 11.3 Å². The van der Waals surface area contributed by atoms with Crippen molar-refractivity contribution in [1.29, 1.82) is 0 Å². The van der Waals surface area contributed by atoms with Gasteiger partial charge in [0.2, 0.25) is 0 Å². The highest BCUT2D eigenvalue weighted by Gasteiger charge is 2.24. The molecule has 3 aromatic carbocycles. The summed E-state index contributed by atoms with van der Waals surface area (Å²) in [5.41, 5.74) is 1.33. The van der Waals surface area contributed by atoms with E-state index in [9.17, 15) is 23.2 Å². The monoisotopic (exact) mass is 588 g/mol. The van der Waals surface area contributed by atoms with Crippen LogP contribution in [0.25, 0.3) is 26.3 Å². The summed E-state index contributed by atoms with van der Waals surface area (Å²) in [6.07, 6.45) is 2.07. The Kier molecular flexibility index (Phi) is 8.49. The molecule has 216 valence electrons. The van der Waals surface area contributed by atoms with Gasteiger partial charge >= 0.3 is 5.69 Å². The molecule has 2 aromatic heterocycles. The van der Waals surface area contributed by atoms with Gasteiger partial charge in [-0.25, -0.2) is 18.1 Å². The van der Waals surface area contributed by atoms with Crippen LogP contribution in [0.4, 0.5) is 8.78 Å². The standard InChI is InChI=1S/C33H30F2N2O4S/c1-4-7-25-29-31(39)37(22-14-16-24(41-3)17-15-22)33(40)36(19-26-27(34)8-6-9-28(26)35)32(29)42-30(25)21-12-10-20(11-13-21)18-23(38)5-2/h6,8-17H,4-5,7,18-19H2,1-3H3. The molecule has 0 unspecified atom stereocenters. The van der Waals surface area contributed by atoms with Crippen molar-refractivity contribution in [3.05, 3.63) is 116 Å². The predicted molar refractivity (Wildman–Crippen MR) is 162 cm³/mol. The molecule has 0 radical (unpaired) electrons. The Bertz CT molecular complexity index is 1870. The summed E-state index contributed by atoms with van der Waals surface area (Å²) in [6, 6.07) is 17.6. The topological polar surface area (TPSA) is 70.3 Å². The van der Waals surface area contributed by atoms with E-state index in [-0.39, 0.29) is 11.3 Å². The van der Waals surface area contributed by atoms with Crippen molar-refractivity contribution in [3.8, 4) is 21.9 Å². The summed E-state index contributed by atoms with van der Waals surface area (Å²) in [6.45, 7) is 3.43. The summed E-state index contributed by atoms with van der Waals surface area (Å²) >= 11 is 1.25. The number of halogens is 2. The van der Waals surface area contributed by atoms with Gasteiger partial charge in [0.15, 0.2) is 0 Å². The molecule has 0 spiro atoms. The van der Waals surface area contributed by atoms with Gasteiger partial charge in [-0.2, -0.15) is 0 Å². The first-order valence-corrected chi connectivity index (χ1v) is 14.6. The van der Waals surface area contributed by atoms with Gasteiger partial charge in [-0.1, -0.05) is 50.6 Å². The fourth-order valence-corrected chi connectivity index (χ4v) is 6.40. The van der Waals surface area contributed by atoms with Crippen molar-refractivity contribution in [3.63, 3.8) is 0 Å².